The molecule has 0 aromatic heterocycles. The zero-order valence-corrected chi connectivity index (χ0v) is 7.21. The van der Waals surface area contributed by atoms with E-state index in [2.05, 4.69) is 4.74 Å². The molecule has 0 aliphatic heterocycles. The number of ether oxygens (including phenoxy) is 1. The van der Waals surface area contributed by atoms with Crippen LogP contribution in [-0.2, 0) is 0 Å². The summed E-state index contributed by atoms with van der Waals surface area (Å²) >= 11 is 11.1. The highest BCUT2D eigenvalue weighted by molar-refractivity contribution is 6.35. The zero-order chi connectivity index (χ0) is 8.43. The second-order valence-electron chi connectivity index (χ2n) is 1.90. The summed E-state index contributed by atoms with van der Waals surface area (Å²) in [6.07, 6.45) is 0. The summed E-state index contributed by atoms with van der Waals surface area (Å²) in [7, 11) is 1.35. The van der Waals surface area contributed by atoms with Crippen LogP contribution in [0.4, 0.5) is 4.39 Å². The number of methoxy groups -OCH3 is 1. The van der Waals surface area contributed by atoms with E-state index in [4.69, 9.17) is 23.2 Å². The van der Waals surface area contributed by atoms with Gasteiger partial charge < -0.3 is 4.74 Å². The van der Waals surface area contributed by atoms with Crippen molar-refractivity contribution in [2.75, 3.05) is 7.11 Å². The van der Waals surface area contributed by atoms with Crippen molar-refractivity contribution in [2.24, 2.45) is 0 Å². The van der Waals surface area contributed by atoms with E-state index in [1.165, 1.54) is 13.2 Å². The molecule has 0 radical (unpaired) electrons. The van der Waals surface area contributed by atoms with E-state index in [1.807, 2.05) is 0 Å². The Morgan fingerprint density at radius 1 is 1.36 bits per heavy atom. The molecule has 0 amide bonds. The summed E-state index contributed by atoms with van der Waals surface area (Å²) < 4.78 is 17.5. The molecule has 0 N–H and O–H groups in total. The van der Waals surface area contributed by atoms with Crippen molar-refractivity contribution < 1.29 is 9.13 Å². The third-order valence-corrected chi connectivity index (χ3v) is 1.67. The van der Waals surface area contributed by atoms with Gasteiger partial charge in [-0.15, -0.1) is 0 Å². The minimum absolute atomic E-state index is 0.0241. The van der Waals surface area contributed by atoms with Crippen molar-refractivity contribution in [3.8, 4) is 5.75 Å². The van der Waals surface area contributed by atoms with E-state index in [0.717, 1.165) is 6.07 Å². The molecule has 0 unspecified atom stereocenters. The van der Waals surface area contributed by atoms with Crippen LogP contribution in [0.2, 0.25) is 10.0 Å². The Kier molecular flexibility index (Phi) is 2.58. The first kappa shape index (κ1) is 8.62. The molecule has 0 saturated heterocycles. The SMILES string of the molecule is COc1c(F)cc(Cl)cc1Cl. The number of hydrogen-bond donors (Lipinski definition) is 0. The summed E-state index contributed by atoms with van der Waals surface area (Å²) in [5.74, 6) is -0.527. The molecule has 0 aliphatic carbocycles. The van der Waals surface area contributed by atoms with Gasteiger partial charge in [0.2, 0.25) is 0 Å². The lowest BCUT2D eigenvalue weighted by Crippen LogP contribution is -1.88. The van der Waals surface area contributed by atoms with Crippen LogP contribution in [0.3, 0.4) is 0 Å². The lowest BCUT2D eigenvalue weighted by Gasteiger charge is -2.03. The molecule has 0 fully saturated rings. The number of hydrogen-bond acceptors (Lipinski definition) is 1. The molecule has 60 valence electrons. The van der Waals surface area contributed by atoms with Gasteiger partial charge in [-0.3, -0.25) is 0 Å². The van der Waals surface area contributed by atoms with Crippen molar-refractivity contribution >= 4 is 23.2 Å². The van der Waals surface area contributed by atoms with E-state index in [0.29, 0.717) is 0 Å². The smallest absolute Gasteiger partial charge is 0.173 e. The number of halogens is 3. The Bertz CT molecular complexity index is 252. The maximum atomic E-state index is 12.8. The van der Waals surface area contributed by atoms with E-state index in [-0.39, 0.29) is 15.8 Å². The van der Waals surface area contributed by atoms with Crippen LogP contribution in [-0.4, -0.2) is 7.11 Å². The van der Waals surface area contributed by atoms with Crippen molar-refractivity contribution in [1.29, 1.82) is 0 Å². The predicted octanol–water partition coefficient (Wildman–Crippen LogP) is 3.14. The molecule has 0 spiro atoms. The molecular weight excluding hydrogens is 190 g/mol. The number of benzene rings is 1. The molecule has 0 aliphatic rings. The van der Waals surface area contributed by atoms with E-state index in [1.54, 1.807) is 0 Å². The summed E-state index contributed by atoms with van der Waals surface area (Å²) in [5, 5.41) is 0.436. The van der Waals surface area contributed by atoms with Crippen LogP contribution in [0.1, 0.15) is 0 Å². The molecule has 11 heavy (non-hydrogen) atoms. The zero-order valence-electron chi connectivity index (χ0n) is 5.70. The Labute approximate surface area is 73.7 Å². The molecule has 4 heteroatoms. The minimum atomic E-state index is -0.551. The predicted molar refractivity (Wildman–Crippen MR) is 43.0 cm³/mol. The molecule has 1 rings (SSSR count). The fourth-order valence-electron chi connectivity index (χ4n) is 0.724. The average molecular weight is 195 g/mol. The van der Waals surface area contributed by atoms with Crippen LogP contribution in [0, 0.1) is 5.82 Å². The Hall–Kier alpha value is -0.470. The van der Waals surface area contributed by atoms with Crippen LogP contribution in [0.5, 0.6) is 5.75 Å². The first-order chi connectivity index (χ1) is 5.15. The maximum Gasteiger partial charge on any atom is 0.173 e. The third-order valence-electron chi connectivity index (χ3n) is 1.17. The van der Waals surface area contributed by atoms with Crippen LogP contribution >= 0.6 is 23.2 Å². The number of rotatable bonds is 1. The van der Waals surface area contributed by atoms with E-state index < -0.39 is 5.82 Å². The van der Waals surface area contributed by atoms with Crippen LogP contribution in [0.15, 0.2) is 12.1 Å². The van der Waals surface area contributed by atoms with Crippen molar-refractivity contribution in [3.63, 3.8) is 0 Å². The first-order valence-corrected chi connectivity index (χ1v) is 3.59. The fraction of sp³-hybridized carbons (Fsp3) is 0.143. The lowest BCUT2D eigenvalue weighted by molar-refractivity contribution is 0.387. The molecule has 1 aromatic carbocycles. The summed E-state index contributed by atoms with van der Waals surface area (Å²) in [6, 6.07) is 2.57. The standard InChI is InChI=1S/C7H5Cl2FO/c1-11-7-5(9)2-4(8)3-6(7)10/h2-3H,1H3. The highest BCUT2D eigenvalue weighted by Gasteiger charge is 2.08. The molecule has 0 saturated carbocycles. The van der Waals surface area contributed by atoms with Crippen molar-refractivity contribution in [1.82, 2.24) is 0 Å². The maximum absolute atomic E-state index is 12.8. The van der Waals surface area contributed by atoms with Gasteiger partial charge in [0, 0.05) is 5.02 Å². The third kappa shape index (κ3) is 1.76. The Morgan fingerprint density at radius 3 is 2.45 bits per heavy atom. The Balaban J connectivity index is 3.25. The van der Waals surface area contributed by atoms with Gasteiger partial charge in [0.25, 0.3) is 0 Å². The van der Waals surface area contributed by atoms with Gasteiger partial charge in [0.1, 0.15) is 0 Å². The Morgan fingerprint density at radius 2 is 2.00 bits per heavy atom. The molecular formula is C7H5Cl2FO. The molecule has 0 bridgehead atoms. The van der Waals surface area contributed by atoms with Gasteiger partial charge in [0.05, 0.1) is 12.1 Å². The largest absolute Gasteiger partial charge is 0.492 e. The van der Waals surface area contributed by atoms with Gasteiger partial charge in [-0.05, 0) is 12.1 Å². The van der Waals surface area contributed by atoms with E-state index in [9.17, 15) is 4.39 Å². The second kappa shape index (κ2) is 3.28. The topological polar surface area (TPSA) is 9.23 Å². The van der Waals surface area contributed by atoms with Crippen molar-refractivity contribution in [2.45, 2.75) is 0 Å². The normalized spacial score (nSPS) is 9.82. The summed E-state index contributed by atoms with van der Waals surface area (Å²) in [4.78, 5) is 0. The summed E-state index contributed by atoms with van der Waals surface area (Å²) in [5.41, 5.74) is 0. The highest BCUT2D eigenvalue weighted by Crippen LogP contribution is 2.30. The van der Waals surface area contributed by atoms with Gasteiger partial charge in [-0.25, -0.2) is 4.39 Å². The quantitative estimate of drug-likeness (QED) is 0.668. The van der Waals surface area contributed by atoms with Crippen LogP contribution < -0.4 is 4.74 Å². The second-order valence-corrected chi connectivity index (χ2v) is 2.75. The minimum Gasteiger partial charge on any atom is -0.492 e. The highest BCUT2D eigenvalue weighted by atomic mass is 35.5. The molecule has 1 nitrogen and oxygen atoms in total. The lowest BCUT2D eigenvalue weighted by atomic mass is 10.3. The van der Waals surface area contributed by atoms with Crippen LogP contribution in [0.25, 0.3) is 0 Å². The van der Waals surface area contributed by atoms with Gasteiger partial charge in [-0.1, -0.05) is 23.2 Å². The van der Waals surface area contributed by atoms with Gasteiger partial charge >= 0.3 is 0 Å². The monoisotopic (exact) mass is 194 g/mol. The van der Waals surface area contributed by atoms with Crippen molar-refractivity contribution in [3.05, 3.63) is 28.0 Å². The summed E-state index contributed by atoms with van der Waals surface area (Å²) in [6.45, 7) is 0. The molecule has 1 aromatic rings. The average Bonchev–Trinajstić information content (AvgIpc) is 1.85. The molecule has 0 heterocycles. The van der Waals surface area contributed by atoms with Gasteiger partial charge in [0.15, 0.2) is 11.6 Å². The fourth-order valence-corrected chi connectivity index (χ4v) is 1.27. The van der Waals surface area contributed by atoms with Gasteiger partial charge in [-0.2, -0.15) is 0 Å². The van der Waals surface area contributed by atoms with E-state index >= 15 is 0 Å². The first-order valence-electron chi connectivity index (χ1n) is 2.83. The molecule has 0 atom stereocenters.